The van der Waals surface area contributed by atoms with Crippen molar-refractivity contribution in [2.24, 2.45) is 12.0 Å². The number of nitrogens with one attached hydrogen (secondary N) is 1. The Labute approximate surface area is 172 Å². The quantitative estimate of drug-likeness (QED) is 0.611. The van der Waals surface area contributed by atoms with Crippen LogP contribution in [0.15, 0.2) is 35.6 Å². The van der Waals surface area contributed by atoms with Gasteiger partial charge in [0.2, 0.25) is 0 Å². The molecule has 2 aromatic rings. The van der Waals surface area contributed by atoms with E-state index in [9.17, 15) is 0 Å². The van der Waals surface area contributed by atoms with E-state index in [2.05, 4.69) is 43.2 Å². The van der Waals surface area contributed by atoms with E-state index in [4.69, 9.17) is 11.6 Å². The lowest BCUT2D eigenvalue weighted by molar-refractivity contribution is 0.312. The van der Waals surface area contributed by atoms with Gasteiger partial charge in [0.05, 0.1) is 6.20 Å². The zero-order chi connectivity index (χ0) is 20.1. The van der Waals surface area contributed by atoms with Crippen LogP contribution in [0.5, 0.6) is 0 Å². The fourth-order valence-corrected chi connectivity index (χ4v) is 3.76. The highest BCUT2D eigenvalue weighted by Gasteiger charge is 2.19. The van der Waals surface area contributed by atoms with Crippen molar-refractivity contribution in [2.45, 2.75) is 13.1 Å². The van der Waals surface area contributed by atoms with Gasteiger partial charge in [-0.1, -0.05) is 17.7 Å². The first kappa shape index (κ1) is 20.5. The maximum atomic E-state index is 6.57. The van der Waals surface area contributed by atoms with Crippen LogP contribution in [0.4, 0.5) is 5.69 Å². The Bertz CT molecular complexity index is 809. The van der Waals surface area contributed by atoms with E-state index < -0.39 is 0 Å². The van der Waals surface area contributed by atoms with Gasteiger partial charge in [0.1, 0.15) is 0 Å². The summed E-state index contributed by atoms with van der Waals surface area (Å²) in [5, 5.41) is 8.49. The topological polar surface area (TPSA) is 51.9 Å². The largest absolute Gasteiger partial charge is 0.369 e. The average molecular weight is 404 g/mol. The van der Waals surface area contributed by atoms with Gasteiger partial charge in [-0.05, 0) is 19.2 Å². The van der Waals surface area contributed by atoms with Gasteiger partial charge in [0, 0.05) is 88.4 Å². The van der Waals surface area contributed by atoms with Gasteiger partial charge in [-0.2, -0.15) is 5.10 Å². The van der Waals surface area contributed by atoms with E-state index in [-0.39, 0.29) is 0 Å². The Morgan fingerprint density at radius 3 is 2.64 bits per heavy atom. The number of piperazine rings is 1. The standard InChI is InChI=1S/C20H30ClN7/c1-22-20(26(3)14-16-12-24-27(4)15-16)23-13-17-18(21)6-5-7-19(17)28-10-8-25(2)9-11-28/h5-7,12,15H,8-11,13-14H2,1-4H3,(H,22,23). The Balaban J connectivity index is 1.68. The molecule has 1 aromatic carbocycles. The summed E-state index contributed by atoms with van der Waals surface area (Å²) in [4.78, 5) is 11.3. The highest BCUT2D eigenvalue weighted by Crippen LogP contribution is 2.28. The van der Waals surface area contributed by atoms with Crippen molar-refractivity contribution in [2.75, 3.05) is 52.2 Å². The van der Waals surface area contributed by atoms with Crippen molar-refractivity contribution >= 4 is 23.2 Å². The molecular formula is C20H30ClN7. The molecule has 1 N–H and O–H groups in total. The maximum Gasteiger partial charge on any atom is 0.193 e. The second-order valence-electron chi connectivity index (χ2n) is 7.31. The highest BCUT2D eigenvalue weighted by molar-refractivity contribution is 6.31. The molecule has 1 fully saturated rings. The van der Waals surface area contributed by atoms with Crippen molar-refractivity contribution in [3.05, 3.63) is 46.7 Å². The van der Waals surface area contributed by atoms with Crippen molar-refractivity contribution < 1.29 is 0 Å². The van der Waals surface area contributed by atoms with Gasteiger partial charge in [-0.3, -0.25) is 9.67 Å². The summed E-state index contributed by atoms with van der Waals surface area (Å²) in [6, 6.07) is 6.15. The van der Waals surface area contributed by atoms with Crippen LogP contribution < -0.4 is 10.2 Å². The fourth-order valence-electron chi connectivity index (χ4n) is 3.52. The van der Waals surface area contributed by atoms with Crippen molar-refractivity contribution in [1.29, 1.82) is 0 Å². The van der Waals surface area contributed by atoms with Crippen molar-refractivity contribution in [3.63, 3.8) is 0 Å². The normalized spacial score (nSPS) is 15.8. The van der Waals surface area contributed by atoms with E-state index in [1.807, 2.05) is 43.3 Å². The van der Waals surface area contributed by atoms with Gasteiger partial charge in [0.25, 0.3) is 0 Å². The third kappa shape index (κ3) is 4.97. The molecule has 0 amide bonds. The predicted molar refractivity (Wildman–Crippen MR) is 116 cm³/mol. The number of benzene rings is 1. The molecule has 2 heterocycles. The number of aliphatic imine (C=N–C) groups is 1. The number of hydrogen-bond acceptors (Lipinski definition) is 4. The predicted octanol–water partition coefficient (Wildman–Crippen LogP) is 2.03. The summed E-state index contributed by atoms with van der Waals surface area (Å²) < 4.78 is 1.81. The number of nitrogens with zero attached hydrogens (tertiary/aromatic N) is 6. The molecule has 1 aromatic heterocycles. The van der Waals surface area contributed by atoms with E-state index in [0.717, 1.165) is 54.8 Å². The van der Waals surface area contributed by atoms with Crippen LogP contribution in [0, 0.1) is 0 Å². The number of aryl methyl sites for hydroxylation is 1. The van der Waals surface area contributed by atoms with Crippen molar-refractivity contribution in [3.8, 4) is 0 Å². The minimum absolute atomic E-state index is 0.630. The molecule has 28 heavy (non-hydrogen) atoms. The van der Waals surface area contributed by atoms with Crippen LogP contribution in [0.3, 0.4) is 0 Å². The second-order valence-corrected chi connectivity index (χ2v) is 7.71. The molecule has 3 rings (SSSR count). The lowest BCUT2D eigenvalue weighted by Crippen LogP contribution is -2.45. The van der Waals surface area contributed by atoms with Crippen LogP contribution in [0.1, 0.15) is 11.1 Å². The number of aromatic nitrogens is 2. The van der Waals surface area contributed by atoms with Crippen LogP contribution in [0.2, 0.25) is 5.02 Å². The summed E-state index contributed by atoms with van der Waals surface area (Å²) in [5.74, 6) is 0.827. The van der Waals surface area contributed by atoms with Crippen molar-refractivity contribution in [1.82, 2.24) is 24.9 Å². The fraction of sp³-hybridized carbons (Fsp3) is 0.500. The van der Waals surface area contributed by atoms with Gasteiger partial charge in [-0.15, -0.1) is 0 Å². The average Bonchev–Trinajstić information content (AvgIpc) is 3.08. The first-order valence-corrected chi connectivity index (χ1v) is 9.96. The number of guanidine groups is 1. The minimum Gasteiger partial charge on any atom is -0.369 e. The Morgan fingerprint density at radius 2 is 2.00 bits per heavy atom. The third-order valence-corrected chi connectivity index (χ3v) is 5.47. The Hall–Kier alpha value is -2.25. The third-order valence-electron chi connectivity index (χ3n) is 5.11. The molecule has 8 heteroatoms. The molecule has 1 aliphatic heterocycles. The molecule has 0 radical (unpaired) electrons. The molecule has 0 saturated carbocycles. The highest BCUT2D eigenvalue weighted by atomic mass is 35.5. The van der Waals surface area contributed by atoms with E-state index in [1.54, 1.807) is 7.05 Å². The molecule has 1 aliphatic rings. The molecule has 0 aliphatic carbocycles. The molecule has 152 valence electrons. The lowest BCUT2D eigenvalue weighted by atomic mass is 10.1. The second kappa shape index (κ2) is 9.30. The smallest absolute Gasteiger partial charge is 0.193 e. The molecular weight excluding hydrogens is 374 g/mol. The van der Waals surface area contributed by atoms with Crippen LogP contribution in [0.25, 0.3) is 0 Å². The van der Waals surface area contributed by atoms with Gasteiger partial charge in [0.15, 0.2) is 5.96 Å². The zero-order valence-electron chi connectivity index (χ0n) is 17.2. The Morgan fingerprint density at radius 1 is 1.25 bits per heavy atom. The molecule has 7 nitrogen and oxygen atoms in total. The number of rotatable bonds is 5. The van der Waals surface area contributed by atoms with Crippen LogP contribution in [-0.2, 0) is 20.1 Å². The molecule has 0 bridgehead atoms. The molecule has 0 unspecified atom stereocenters. The summed E-state index contributed by atoms with van der Waals surface area (Å²) in [7, 11) is 7.92. The van der Waals surface area contributed by atoms with Gasteiger partial charge in [-0.25, -0.2) is 0 Å². The first-order valence-electron chi connectivity index (χ1n) is 9.58. The van der Waals surface area contributed by atoms with Crippen LogP contribution >= 0.6 is 11.6 Å². The molecule has 0 spiro atoms. The van der Waals surface area contributed by atoms with E-state index in [1.165, 1.54) is 5.69 Å². The SMILES string of the molecule is CN=C(NCc1c(Cl)cccc1N1CCN(C)CC1)N(C)Cc1cnn(C)c1. The Kier molecular flexibility index (Phi) is 6.80. The van der Waals surface area contributed by atoms with Gasteiger partial charge < -0.3 is 20.0 Å². The summed E-state index contributed by atoms with van der Waals surface area (Å²) in [6.07, 6.45) is 3.90. The number of halogens is 1. The van der Waals surface area contributed by atoms with Crippen LogP contribution in [-0.4, -0.2) is 72.9 Å². The van der Waals surface area contributed by atoms with E-state index in [0.29, 0.717) is 6.54 Å². The van der Waals surface area contributed by atoms with E-state index >= 15 is 0 Å². The molecule has 0 atom stereocenters. The van der Waals surface area contributed by atoms with Gasteiger partial charge >= 0.3 is 0 Å². The minimum atomic E-state index is 0.630. The molecule has 1 saturated heterocycles. The lowest BCUT2D eigenvalue weighted by Gasteiger charge is -2.35. The zero-order valence-corrected chi connectivity index (χ0v) is 17.9. The maximum absolute atomic E-state index is 6.57. The summed E-state index contributed by atoms with van der Waals surface area (Å²) in [5.41, 5.74) is 3.46. The summed E-state index contributed by atoms with van der Waals surface area (Å²) in [6.45, 7) is 5.52. The monoisotopic (exact) mass is 403 g/mol. The number of likely N-dealkylation sites (N-methyl/N-ethyl adjacent to an activating group) is 1. The first-order chi connectivity index (χ1) is 13.5. The summed E-state index contributed by atoms with van der Waals surface area (Å²) >= 11 is 6.57. The number of hydrogen-bond donors (Lipinski definition) is 1. The number of anilines is 1.